The van der Waals surface area contributed by atoms with Crippen molar-refractivity contribution < 1.29 is 4.79 Å². The van der Waals surface area contributed by atoms with Crippen LogP contribution >= 0.6 is 23.2 Å². The number of hydrogen-bond donors (Lipinski definition) is 1. The summed E-state index contributed by atoms with van der Waals surface area (Å²) in [5.74, 6) is 0.782. The van der Waals surface area contributed by atoms with E-state index in [1.165, 1.54) is 19.3 Å². The van der Waals surface area contributed by atoms with Crippen LogP contribution in [0.4, 0.5) is 10.5 Å². The Morgan fingerprint density at radius 2 is 1.86 bits per heavy atom. The largest absolute Gasteiger partial charge is 0.369 e. The molecule has 1 saturated heterocycles. The van der Waals surface area contributed by atoms with E-state index in [-0.39, 0.29) is 6.03 Å². The van der Waals surface area contributed by atoms with Crippen molar-refractivity contribution in [2.24, 2.45) is 5.92 Å². The SMILES string of the molecule is CN(C)C(=O)NC1CCC(CCN2CCCN(c3cccc(Cl)c3Cl)CC2)CC1. The molecule has 0 radical (unpaired) electrons. The highest BCUT2D eigenvalue weighted by Crippen LogP contribution is 2.33. The molecule has 1 aromatic rings. The van der Waals surface area contributed by atoms with E-state index < -0.39 is 0 Å². The van der Waals surface area contributed by atoms with Gasteiger partial charge in [0.25, 0.3) is 0 Å². The maximum Gasteiger partial charge on any atom is 0.317 e. The van der Waals surface area contributed by atoms with Gasteiger partial charge in [-0.1, -0.05) is 29.3 Å². The smallest absolute Gasteiger partial charge is 0.317 e. The topological polar surface area (TPSA) is 38.8 Å². The van der Waals surface area contributed by atoms with Gasteiger partial charge >= 0.3 is 6.03 Å². The maximum absolute atomic E-state index is 11.8. The lowest BCUT2D eigenvalue weighted by Crippen LogP contribution is -2.43. The minimum Gasteiger partial charge on any atom is -0.369 e. The lowest BCUT2D eigenvalue weighted by atomic mass is 9.84. The van der Waals surface area contributed by atoms with Crippen LogP contribution in [0.25, 0.3) is 0 Å². The predicted molar refractivity (Wildman–Crippen MR) is 122 cm³/mol. The molecule has 3 rings (SSSR count). The number of carbonyl (C=O) groups excluding carboxylic acids is 1. The van der Waals surface area contributed by atoms with Gasteiger partial charge in [-0.15, -0.1) is 0 Å². The van der Waals surface area contributed by atoms with Gasteiger partial charge < -0.3 is 20.0 Å². The number of hydrogen-bond acceptors (Lipinski definition) is 3. The highest BCUT2D eigenvalue weighted by atomic mass is 35.5. The van der Waals surface area contributed by atoms with Crippen LogP contribution in [-0.4, -0.2) is 68.7 Å². The van der Waals surface area contributed by atoms with Gasteiger partial charge in [0, 0.05) is 39.8 Å². The molecule has 2 amide bonds. The zero-order valence-corrected chi connectivity index (χ0v) is 19.2. The molecule has 1 heterocycles. The first-order valence-corrected chi connectivity index (χ1v) is 11.6. The van der Waals surface area contributed by atoms with E-state index in [1.807, 2.05) is 12.1 Å². The number of anilines is 1. The summed E-state index contributed by atoms with van der Waals surface area (Å²) in [6.07, 6.45) is 7.04. The Morgan fingerprint density at radius 1 is 1.10 bits per heavy atom. The first kappa shape index (κ1) is 22.5. The second-order valence-corrected chi connectivity index (χ2v) is 9.39. The minimum atomic E-state index is 0.0300. The Morgan fingerprint density at radius 3 is 2.59 bits per heavy atom. The number of urea groups is 1. The number of benzene rings is 1. The molecule has 2 aliphatic rings. The molecule has 1 saturated carbocycles. The standard InChI is InChI=1S/C22H34Cl2N4O/c1-26(2)22(29)25-18-9-7-17(8-10-18)11-14-27-12-4-13-28(16-15-27)20-6-3-5-19(23)21(20)24/h3,5-6,17-18H,4,7-16H2,1-2H3,(H,25,29). The van der Waals surface area contributed by atoms with Gasteiger partial charge in [0.2, 0.25) is 0 Å². The van der Waals surface area contributed by atoms with Crippen molar-refractivity contribution in [1.82, 2.24) is 15.1 Å². The summed E-state index contributed by atoms with van der Waals surface area (Å²) in [4.78, 5) is 18.4. The van der Waals surface area contributed by atoms with Gasteiger partial charge in [-0.2, -0.15) is 0 Å². The van der Waals surface area contributed by atoms with E-state index in [0.29, 0.717) is 16.1 Å². The quantitative estimate of drug-likeness (QED) is 0.719. The highest BCUT2D eigenvalue weighted by molar-refractivity contribution is 6.43. The number of amides is 2. The first-order chi connectivity index (χ1) is 13.9. The fourth-order valence-electron chi connectivity index (χ4n) is 4.44. The summed E-state index contributed by atoms with van der Waals surface area (Å²) in [5, 5.41) is 4.43. The lowest BCUT2D eigenvalue weighted by molar-refractivity contribution is 0.198. The van der Waals surface area contributed by atoms with Gasteiger partial charge in [-0.3, -0.25) is 0 Å². The van der Waals surface area contributed by atoms with Crippen LogP contribution in [-0.2, 0) is 0 Å². The Balaban J connectivity index is 1.40. The molecule has 0 unspecified atom stereocenters. The molecule has 1 aliphatic carbocycles. The number of nitrogens with zero attached hydrogens (tertiary/aromatic N) is 3. The molecule has 0 bridgehead atoms. The number of nitrogens with one attached hydrogen (secondary N) is 1. The molecule has 0 spiro atoms. The maximum atomic E-state index is 11.8. The van der Waals surface area contributed by atoms with Crippen LogP contribution in [0.3, 0.4) is 0 Å². The van der Waals surface area contributed by atoms with Gasteiger partial charge in [-0.25, -0.2) is 4.79 Å². The van der Waals surface area contributed by atoms with Gasteiger partial charge in [0.1, 0.15) is 0 Å². The third-order valence-electron chi connectivity index (χ3n) is 6.29. The van der Waals surface area contributed by atoms with E-state index in [0.717, 1.165) is 63.6 Å². The number of rotatable bonds is 5. The van der Waals surface area contributed by atoms with E-state index >= 15 is 0 Å². The molecule has 162 valence electrons. The van der Waals surface area contributed by atoms with Crippen molar-refractivity contribution >= 4 is 34.9 Å². The summed E-state index contributed by atoms with van der Waals surface area (Å²) in [6.45, 7) is 5.38. The molecule has 1 N–H and O–H groups in total. The normalized spacial score (nSPS) is 23.5. The van der Waals surface area contributed by atoms with Gasteiger partial charge in [0.15, 0.2) is 0 Å². The molecule has 5 nitrogen and oxygen atoms in total. The molecular formula is C22H34Cl2N4O. The van der Waals surface area contributed by atoms with E-state index in [2.05, 4.69) is 21.2 Å². The first-order valence-electron chi connectivity index (χ1n) is 10.8. The van der Waals surface area contributed by atoms with Crippen LogP contribution in [0.5, 0.6) is 0 Å². The fraction of sp³-hybridized carbons (Fsp3) is 0.682. The molecule has 7 heteroatoms. The van der Waals surface area contributed by atoms with Crippen LogP contribution in [0, 0.1) is 5.92 Å². The summed E-state index contributed by atoms with van der Waals surface area (Å²) in [5.41, 5.74) is 1.05. The van der Waals surface area contributed by atoms with Crippen molar-refractivity contribution in [2.75, 3.05) is 51.7 Å². The average molecular weight is 441 g/mol. The highest BCUT2D eigenvalue weighted by Gasteiger charge is 2.24. The van der Waals surface area contributed by atoms with E-state index in [1.54, 1.807) is 19.0 Å². The Labute approximate surface area is 185 Å². The predicted octanol–water partition coefficient (Wildman–Crippen LogP) is 4.73. The lowest BCUT2D eigenvalue weighted by Gasteiger charge is -2.31. The summed E-state index contributed by atoms with van der Waals surface area (Å²) >= 11 is 12.6. The Bertz CT molecular complexity index is 677. The summed E-state index contributed by atoms with van der Waals surface area (Å²) in [7, 11) is 3.59. The zero-order chi connectivity index (χ0) is 20.8. The molecule has 0 atom stereocenters. The molecule has 29 heavy (non-hydrogen) atoms. The van der Waals surface area contributed by atoms with Crippen LogP contribution in [0.15, 0.2) is 18.2 Å². The van der Waals surface area contributed by atoms with Crippen LogP contribution < -0.4 is 10.2 Å². The fourth-order valence-corrected chi connectivity index (χ4v) is 4.85. The van der Waals surface area contributed by atoms with Crippen molar-refractivity contribution in [2.45, 2.75) is 44.6 Å². The Kier molecular flexibility index (Phi) is 8.34. The zero-order valence-electron chi connectivity index (χ0n) is 17.7. The minimum absolute atomic E-state index is 0.0300. The van der Waals surface area contributed by atoms with Gasteiger partial charge in [0.05, 0.1) is 15.7 Å². The van der Waals surface area contributed by atoms with Crippen molar-refractivity contribution in [3.05, 3.63) is 28.2 Å². The van der Waals surface area contributed by atoms with Gasteiger partial charge in [-0.05, 0) is 69.7 Å². The van der Waals surface area contributed by atoms with E-state index in [9.17, 15) is 4.79 Å². The second-order valence-electron chi connectivity index (χ2n) is 8.61. The third-order valence-corrected chi connectivity index (χ3v) is 7.10. The molecule has 1 aliphatic heterocycles. The number of carbonyl (C=O) groups is 1. The molecule has 2 fully saturated rings. The second kappa shape index (κ2) is 10.7. The van der Waals surface area contributed by atoms with Crippen LogP contribution in [0.1, 0.15) is 38.5 Å². The van der Waals surface area contributed by atoms with Crippen molar-refractivity contribution in [1.29, 1.82) is 0 Å². The molecule has 0 aromatic heterocycles. The molecule has 1 aromatic carbocycles. The van der Waals surface area contributed by atoms with Crippen molar-refractivity contribution in [3.63, 3.8) is 0 Å². The van der Waals surface area contributed by atoms with E-state index in [4.69, 9.17) is 23.2 Å². The monoisotopic (exact) mass is 440 g/mol. The summed E-state index contributed by atoms with van der Waals surface area (Å²) < 4.78 is 0. The van der Waals surface area contributed by atoms with Crippen molar-refractivity contribution in [3.8, 4) is 0 Å². The molecular weight excluding hydrogens is 407 g/mol. The average Bonchev–Trinajstić information content (AvgIpc) is 2.95. The van der Waals surface area contributed by atoms with Crippen LogP contribution in [0.2, 0.25) is 10.0 Å². The number of halogens is 2. The summed E-state index contributed by atoms with van der Waals surface area (Å²) in [6, 6.07) is 6.26. The Hall–Kier alpha value is -1.17. The third kappa shape index (κ3) is 6.40.